The van der Waals surface area contributed by atoms with Crippen LogP contribution in [0, 0.1) is 0 Å². The van der Waals surface area contributed by atoms with Gasteiger partial charge in [-0.25, -0.2) is 0 Å². The van der Waals surface area contributed by atoms with Crippen molar-refractivity contribution in [2.75, 3.05) is 6.61 Å². The van der Waals surface area contributed by atoms with E-state index >= 15 is 0 Å². The smallest absolute Gasteiger partial charge is 0.317 e. The van der Waals surface area contributed by atoms with Crippen molar-refractivity contribution in [2.45, 2.75) is 70.3 Å². The highest BCUT2D eigenvalue weighted by molar-refractivity contribution is 7.94. The van der Waals surface area contributed by atoms with Gasteiger partial charge in [-0.3, -0.25) is 9.78 Å². The number of hydrogen-bond donors (Lipinski definition) is 0. The van der Waals surface area contributed by atoms with Crippen molar-refractivity contribution in [3.8, 4) is 0 Å². The molecule has 0 aromatic carbocycles. The van der Waals surface area contributed by atoms with Crippen molar-refractivity contribution >= 4 is 26.3 Å². The molecule has 0 spiro atoms. The zero-order valence-corrected chi connectivity index (χ0v) is 17.4. The second-order valence-corrected chi connectivity index (χ2v) is 13.0. The van der Waals surface area contributed by atoms with Crippen LogP contribution in [0.3, 0.4) is 0 Å². The molecule has 0 atom stereocenters. The summed E-state index contributed by atoms with van der Waals surface area (Å²) >= 11 is 1.16. The third kappa shape index (κ3) is 8.31. The molecule has 0 amide bonds. The maximum atomic E-state index is 11.7. The van der Waals surface area contributed by atoms with Crippen LogP contribution < -0.4 is 0 Å². The highest BCUT2D eigenvalue weighted by Crippen LogP contribution is 2.36. The molecule has 0 bridgehead atoms. The Morgan fingerprint density at radius 1 is 1.21 bits per heavy atom. The topological polar surface area (TPSA) is 48.4 Å². The van der Waals surface area contributed by atoms with Gasteiger partial charge in [-0.2, -0.15) is 0 Å². The zero-order valence-electron chi connectivity index (χ0n) is 15.6. The Bertz CT molecular complexity index is 489. The Morgan fingerprint density at radius 2 is 1.96 bits per heavy atom. The third-order valence-electron chi connectivity index (χ3n) is 4.38. The standard InChI is InChI=1S/C18H31NO3SSi/c1-18(2,3)24(4,5)21-14-10-6-7-12-17(20)22-23-15-16-11-8-9-13-19-16/h8-9,11,13H,6-7,10,12,14-15H2,1-5H3. The van der Waals surface area contributed by atoms with Gasteiger partial charge in [-0.05, 0) is 43.1 Å². The highest BCUT2D eigenvalue weighted by atomic mass is 32.2. The van der Waals surface area contributed by atoms with Crippen molar-refractivity contribution < 1.29 is 13.4 Å². The summed E-state index contributed by atoms with van der Waals surface area (Å²) in [5.74, 6) is 0.439. The number of unbranched alkanes of at least 4 members (excludes halogenated alkanes) is 2. The van der Waals surface area contributed by atoms with Crippen LogP contribution in [0.1, 0.15) is 52.1 Å². The van der Waals surface area contributed by atoms with Gasteiger partial charge in [-0.1, -0.05) is 33.3 Å². The molecule has 0 unspecified atom stereocenters. The maximum Gasteiger partial charge on any atom is 0.317 e. The van der Waals surface area contributed by atoms with Crippen LogP contribution in [0.15, 0.2) is 24.4 Å². The minimum atomic E-state index is -1.64. The van der Waals surface area contributed by atoms with Crippen LogP contribution in [-0.2, 0) is 19.2 Å². The number of carbonyl (C=O) groups is 1. The predicted octanol–water partition coefficient (Wildman–Crippen LogP) is 5.36. The van der Waals surface area contributed by atoms with Crippen molar-refractivity contribution in [2.24, 2.45) is 0 Å². The lowest BCUT2D eigenvalue weighted by Gasteiger charge is -2.36. The normalized spacial score (nSPS) is 12.2. The van der Waals surface area contributed by atoms with E-state index in [-0.39, 0.29) is 11.0 Å². The van der Waals surface area contributed by atoms with Gasteiger partial charge in [0.1, 0.15) is 0 Å². The molecule has 1 heterocycles. The lowest BCUT2D eigenvalue weighted by atomic mass is 10.2. The lowest BCUT2D eigenvalue weighted by Crippen LogP contribution is -2.40. The molecule has 4 nitrogen and oxygen atoms in total. The molecule has 0 aliphatic heterocycles. The molecular weight excluding hydrogens is 338 g/mol. The minimum Gasteiger partial charge on any atom is -0.417 e. The van der Waals surface area contributed by atoms with Gasteiger partial charge in [-0.15, -0.1) is 0 Å². The predicted molar refractivity (Wildman–Crippen MR) is 103 cm³/mol. The van der Waals surface area contributed by atoms with Gasteiger partial charge in [0.05, 0.1) is 23.5 Å². The average molecular weight is 370 g/mol. The Hall–Kier alpha value is -0.853. The van der Waals surface area contributed by atoms with Gasteiger partial charge < -0.3 is 8.61 Å². The first-order valence-electron chi connectivity index (χ1n) is 8.58. The molecule has 136 valence electrons. The molecule has 0 radical (unpaired) electrons. The van der Waals surface area contributed by atoms with E-state index in [2.05, 4.69) is 38.8 Å². The lowest BCUT2D eigenvalue weighted by molar-refractivity contribution is -0.133. The molecule has 0 saturated carbocycles. The number of nitrogens with zero attached hydrogens (tertiary/aromatic N) is 1. The van der Waals surface area contributed by atoms with E-state index in [1.807, 2.05) is 18.2 Å². The third-order valence-corrected chi connectivity index (χ3v) is 9.63. The minimum absolute atomic E-state index is 0.152. The summed E-state index contributed by atoms with van der Waals surface area (Å²) in [5, 5.41) is 0.252. The summed E-state index contributed by atoms with van der Waals surface area (Å²) in [6.45, 7) is 12.1. The summed E-state index contributed by atoms with van der Waals surface area (Å²) in [5.41, 5.74) is 0.915. The Labute approximate surface area is 152 Å². The monoisotopic (exact) mass is 369 g/mol. The van der Waals surface area contributed by atoms with Crippen molar-refractivity contribution in [1.82, 2.24) is 4.98 Å². The molecule has 1 rings (SSSR count). The summed E-state index contributed by atoms with van der Waals surface area (Å²) in [7, 11) is -1.64. The summed E-state index contributed by atoms with van der Waals surface area (Å²) < 4.78 is 11.3. The second kappa shape index (κ2) is 10.2. The van der Waals surface area contributed by atoms with Crippen LogP contribution in [0.5, 0.6) is 0 Å². The molecule has 24 heavy (non-hydrogen) atoms. The van der Waals surface area contributed by atoms with E-state index in [0.717, 1.165) is 43.6 Å². The largest absolute Gasteiger partial charge is 0.417 e. The van der Waals surface area contributed by atoms with E-state index in [1.165, 1.54) is 0 Å². The Kier molecular flexibility index (Phi) is 9.01. The molecule has 0 aliphatic carbocycles. The quantitative estimate of drug-likeness (QED) is 0.316. The van der Waals surface area contributed by atoms with Gasteiger partial charge in [0.25, 0.3) is 0 Å². The molecule has 0 saturated heterocycles. The first-order chi connectivity index (χ1) is 11.2. The highest BCUT2D eigenvalue weighted by Gasteiger charge is 2.36. The SMILES string of the molecule is CC(C)(C)[Si](C)(C)OCCCCCC(=O)OSCc1ccccn1. The van der Waals surface area contributed by atoms with Gasteiger partial charge in [0.15, 0.2) is 8.32 Å². The number of aromatic nitrogens is 1. The van der Waals surface area contributed by atoms with E-state index in [4.69, 9.17) is 8.61 Å². The molecule has 0 aliphatic rings. The summed E-state index contributed by atoms with van der Waals surface area (Å²) in [4.78, 5) is 15.9. The molecular formula is C18H31NO3SSi. The van der Waals surface area contributed by atoms with Crippen molar-refractivity contribution in [3.05, 3.63) is 30.1 Å². The summed E-state index contributed by atoms with van der Waals surface area (Å²) in [6, 6.07) is 5.72. The number of rotatable bonds is 10. The average Bonchev–Trinajstić information content (AvgIpc) is 2.50. The molecule has 1 aromatic heterocycles. The van der Waals surface area contributed by atoms with E-state index in [0.29, 0.717) is 12.2 Å². The fourth-order valence-corrected chi connectivity index (χ4v) is 3.43. The second-order valence-electron chi connectivity index (χ2n) is 7.46. The zero-order chi connectivity index (χ0) is 18.1. The van der Waals surface area contributed by atoms with Crippen molar-refractivity contribution in [1.29, 1.82) is 0 Å². The molecule has 0 N–H and O–H groups in total. The van der Waals surface area contributed by atoms with Gasteiger partial charge >= 0.3 is 5.97 Å². The fourth-order valence-electron chi connectivity index (χ4n) is 1.77. The number of carbonyl (C=O) groups excluding carboxylic acids is 1. The molecule has 0 fully saturated rings. The first kappa shape index (κ1) is 21.2. The Morgan fingerprint density at radius 3 is 2.58 bits per heavy atom. The van der Waals surface area contributed by atoms with E-state index < -0.39 is 8.32 Å². The van der Waals surface area contributed by atoms with Gasteiger partial charge in [0, 0.05) is 19.2 Å². The first-order valence-corrected chi connectivity index (χ1v) is 12.4. The van der Waals surface area contributed by atoms with Crippen LogP contribution in [0.2, 0.25) is 18.1 Å². The van der Waals surface area contributed by atoms with Crippen molar-refractivity contribution in [3.63, 3.8) is 0 Å². The fraction of sp³-hybridized carbons (Fsp3) is 0.667. The Balaban J connectivity index is 2.04. The molecule has 1 aromatic rings. The summed E-state index contributed by atoms with van der Waals surface area (Å²) in [6.07, 6.45) is 5.05. The van der Waals surface area contributed by atoms with E-state index in [1.54, 1.807) is 6.20 Å². The van der Waals surface area contributed by atoms with Crippen LogP contribution in [-0.4, -0.2) is 25.9 Å². The van der Waals surface area contributed by atoms with Gasteiger partial charge in [0.2, 0.25) is 0 Å². The number of hydrogen-bond acceptors (Lipinski definition) is 5. The van der Waals surface area contributed by atoms with E-state index in [9.17, 15) is 4.79 Å². The van der Waals surface area contributed by atoms with Crippen LogP contribution >= 0.6 is 12.0 Å². The maximum absolute atomic E-state index is 11.7. The molecule has 6 heteroatoms. The van der Waals surface area contributed by atoms with Crippen LogP contribution in [0.25, 0.3) is 0 Å². The van der Waals surface area contributed by atoms with Crippen LogP contribution in [0.4, 0.5) is 0 Å². The number of pyridine rings is 1.